The quantitative estimate of drug-likeness (QED) is 0.788. The van der Waals surface area contributed by atoms with Crippen LogP contribution in [0.3, 0.4) is 0 Å². The number of para-hydroxylation sites is 2. The van der Waals surface area contributed by atoms with Gasteiger partial charge in [0.15, 0.2) is 0 Å². The molecular weight excluding hydrogens is 297 g/mol. The van der Waals surface area contributed by atoms with E-state index in [1.807, 2.05) is 0 Å². The Hall–Kier alpha value is -2.83. The first kappa shape index (κ1) is 14.1. The molecule has 112 valence electrons. The minimum absolute atomic E-state index is 0.0172. The Bertz CT molecular complexity index is 888. The lowest BCUT2D eigenvalue weighted by atomic mass is 10.1. The van der Waals surface area contributed by atoms with Crippen molar-refractivity contribution in [1.82, 2.24) is 9.97 Å². The van der Waals surface area contributed by atoms with Gasteiger partial charge in [0, 0.05) is 0 Å². The Morgan fingerprint density at radius 2 is 1.68 bits per heavy atom. The Balaban J connectivity index is 2.18. The van der Waals surface area contributed by atoms with Crippen LogP contribution in [0.2, 0.25) is 0 Å². The normalized spacial score (nSPS) is 11.6. The van der Waals surface area contributed by atoms with Gasteiger partial charge in [0.25, 0.3) is 5.56 Å². The highest BCUT2D eigenvalue weighted by Gasteiger charge is 2.32. The van der Waals surface area contributed by atoms with Crippen molar-refractivity contribution in [2.24, 2.45) is 0 Å². The third-order valence-electron chi connectivity index (χ3n) is 2.98. The molecule has 0 radical (unpaired) electrons. The number of nitrogens with one attached hydrogen (secondary N) is 1. The van der Waals surface area contributed by atoms with E-state index in [0.717, 1.165) is 6.07 Å². The molecular formula is C15H9F3N2O2. The lowest BCUT2D eigenvalue weighted by Crippen LogP contribution is -2.18. The van der Waals surface area contributed by atoms with Crippen LogP contribution in [0.25, 0.3) is 22.3 Å². The van der Waals surface area contributed by atoms with Gasteiger partial charge in [0.05, 0.1) is 16.5 Å². The summed E-state index contributed by atoms with van der Waals surface area (Å²) in [7, 11) is 0. The summed E-state index contributed by atoms with van der Waals surface area (Å²) in [6.07, 6.45) is -4.83. The maximum Gasteiger partial charge on any atom is 0.573 e. The zero-order valence-corrected chi connectivity index (χ0v) is 11.0. The number of hydrogen-bond acceptors (Lipinski definition) is 3. The Labute approximate surface area is 122 Å². The highest BCUT2D eigenvalue weighted by atomic mass is 19.4. The molecule has 1 aromatic heterocycles. The average Bonchev–Trinajstić information content (AvgIpc) is 2.46. The van der Waals surface area contributed by atoms with Crippen LogP contribution in [0.4, 0.5) is 13.2 Å². The van der Waals surface area contributed by atoms with E-state index in [0.29, 0.717) is 10.9 Å². The van der Waals surface area contributed by atoms with Crippen molar-refractivity contribution in [3.63, 3.8) is 0 Å². The van der Waals surface area contributed by atoms with Gasteiger partial charge in [-0.25, -0.2) is 4.98 Å². The third-order valence-corrected chi connectivity index (χ3v) is 2.98. The van der Waals surface area contributed by atoms with E-state index in [4.69, 9.17) is 0 Å². The molecule has 1 N–H and O–H groups in total. The fourth-order valence-electron chi connectivity index (χ4n) is 2.09. The van der Waals surface area contributed by atoms with Crippen molar-refractivity contribution in [2.75, 3.05) is 0 Å². The Morgan fingerprint density at radius 1 is 1.00 bits per heavy atom. The van der Waals surface area contributed by atoms with Crippen LogP contribution >= 0.6 is 0 Å². The first-order chi connectivity index (χ1) is 10.4. The van der Waals surface area contributed by atoms with Crippen LogP contribution in [0.1, 0.15) is 0 Å². The van der Waals surface area contributed by atoms with Gasteiger partial charge < -0.3 is 9.72 Å². The van der Waals surface area contributed by atoms with E-state index in [2.05, 4.69) is 14.7 Å². The average molecular weight is 306 g/mol. The fourth-order valence-corrected chi connectivity index (χ4v) is 2.09. The Morgan fingerprint density at radius 3 is 2.45 bits per heavy atom. The molecule has 0 fully saturated rings. The van der Waals surface area contributed by atoms with E-state index in [1.165, 1.54) is 18.2 Å². The van der Waals surface area contributed by atoms with Crippen molar-refractivity contribution < 1.29 is 17.9 Å². The van der Waals surface area contributed by atoms with Crippen LogP contribution < -0.4 is 10.3 Å². The molecule has 0 aliphatic carbocycles. The molecule has 3 rings (SSSR count). The summed E-state index contributed by atoms with van der Waals surface area (Å²) in [5.41, 5.74) is 0.0214. The van der Waals surface area contributed by atoms with Crippen molar-refractivity contribution >= 4 is 10.9 Å². The number of alkyl halides is 3. The van der Waals surface area contributed by atoms with Crippen LogP contribution in [-0.2, 0) is 0 Å². The molecule has 0 bridgehead atoms. The van der Waals surface area contributed by atoms with Gasteiger partial charge in [-0.15, -0.1) is 13.2 Å². The molecule has 0 spiro atoms. The second-order valence-corrected chi connectivity index (χ2v) is 4.48. The number of H-pyrrole nitrogens is 1. The van der Waals surface area contributed by atoms with Crippen molar-refractivity contribution in [1.29, 1.82) is 0 Å². The first-order valence-corrected chi connectivity index (χ1v) is 6.28. The highest BCUT2D eigenvalue weighted by Crippen LogP contribution is 2.31. The molecule has 0 saturated heterocycles. The van der Waals surface area contributed by atoms with Crippen molar-refractivity contribution in [3.8, 4) is 17.1 Å². The maximum absolute atomic E-state index is 12.5. The molecule has 0 unspecified atom stereocenters. The number of aromatic nitrogens is 2. The molecule has 0 saturated carbocycles. The first-order valence-electron chi connectivity index (χ1n) is 6.28. The maximum atomic E-state index is 12.5. The summed E-state index contributed by atoms with van der Waals surface area (Å²) in [6, 6.07) is 12.1. The number of ether oxygens (including phenoxy) is 1. The monoisotopic (exact) mass is 306 g/mol. The predicted octanol–water partition coefficient (Wildman–Crippen LogP) is 3.49. The van der Waals surface area contributed by atoms with E-state index >= 15 is 0 Å². The smallest absolute Gasteiger partial charge is 0.405 e. The summed E-state index contributed by atoms with van der Waals surface area (Å²) >= 11 is 0. The third kappa shape index (κ3) is 2.78. The zero-order valence-electron chi connectivity index (χ0n) is 11.0. The summed E-state index contributed by atoms with van der Waals surface area (Å²) < 4.78 is 41.3. The van der Waals surface area contributed by atoms with Gasteiger partial charge in [0.1, 0.15) is 11.6 Å². The van der Waals surface area contributed by atoms with Crippen LogP contribution in [0, 0.1) is 0 Å². The largest absolute Gasteiger partial charge is 0.573 e. The van der Waals surface area contributed by atoms with E-state index < -0.39 is 17.7 Å². The minimum atomic E-state index is -4.83. The second-order valence-electron chi connectivity index (χ2n) is 4.48. The molecule has 0 aliphatic rings. The SMILES string of the molecule is O=c1[nH]c(-c2ccccc2OC(F)(F)F)nc2ccccc12. The topological polar surface area (TPSA) is 55.0 Å². The number of halogens is 3. The molecule has 7 heteroatoms. The summed E-state index contributed by atoms with van der Waals surface area (Å²) in [5, 5.41) is 0.362. The number of fused-ring (bicyclic) bond motifs is 1. The standard InChI is InChI=1S/C15H9F3N2O2/c16-15(17,18)22-12-8-4-2-6-10(12)13-19-11-7-3-1-5-9(11)14(21)20-13/h1-8H,(H,19,20,21). The van der Waals surface area contributed by atoms with Crippen LogP contribution in [0.15, 0.2) is 53.3 Å². The summed E-state index contributed by atoms with van der Waals surface area (Å²) in [5.74, 6) is -0.406. The van der Waals surface area contributed by atoms with Crippen LogP contribution in [-0.4, -0.2) is 16.3 Å². The predicted molar refractivity (Wildman–Crippen MR) is 74.5 cm³/mol. The molecule has 0 aliphatic heterocycles. The fraction of sp³-hybridized carbons (Fsp3) is 0.0667. The van der Waals surface area contributed by atoms with E-state index in [-0.39, 0.29) is 11.4 Å². The number of rotatable bonds is 2. The number of nitrogens with zero attached hydrogens (tertiary/aromatic N) is 1. The Kier molecular flexibility index (Phi) is 3.32. The van der Waals surface area contributed by atoms with E-state index in [9.17, 15) is 18.0 Å². The van der Waals surface area contributed by atoms with Gasteiger partial charge >= 0.3 is 6.36 Å². The molecule has 0 amide bonds. The van der Waals surface area contributed by atoms with Gasteiger partial charge in [-0.05, 0) is 24.3 Å². The number of benzene rings is 2. The molecule has 1 heterocycles. The van der Waals surface area contributed by atoms with Gasteiger partial charge in [-0.3, -0.25) is 4.79 Å². The number of aromatic amines is 1. The molecule has 3 aromatic rings. The molecule has 2 aromatic carbocycles. The van der Waals surface area contributed by atoms with Gasteiger partial charge in [-0.1, -0.05) is 24.3 Å². The van der Waals surface area contributed by atoms with Crippen LogP contribution in [0.5, 0.6) is 5.75 Å². The van der Waals surface area contributed by atoms with E-state index in [1.54, 1.807) is 24.3 Å². The van der Waals surface area contributed by atoms with Crippen molar-refractivity contribution in [2.45, 2.75) is 6.36 Å². The van der Waals surface area contributed by atoms with Gasteiger partial charge in [-0.2, -0.15) is 0 Å². The summed E-state index contributed by atoms with van der Waals surface area (Å²) in [6.45, 7) is 0. The lowest BCUT2D eigenvalue weighted by molar-refractivity contribution is -0.274. The zero-order chi connectivity index (χ0) is 15.7. The lowest BCUT2D eigenvalue weighted by Gasteiger charge is -2.12. The van der Waals surface area contributed by atoms with Gasteiger partial charge in [0.2, 0.25) is 0 Å². The molecule has 4 nitrogen and oxygen atoms in total. The minimum Gasteiger partial charge on any atom is -0.405 e. The number of hydrogen-bond donors (Lipinski definition) is 1. The van der Waals surface area contributed by atoms with Crippen molar-refractivity contribution in [3.05, 3.63) is 58.9 Å². The molecule has 22 heavy (non-hydrogen) atoms. The summed E-state index contributed by atoms with van der Waals surface area (Å²) in [4.78, 5) is 18.7. The second kappa shape index (κ2) is 5.18. The highest BCUT2D eigenvalue weighted by molar-refractivity contribution is 5.80. The molecule has 0 atom stereocenters.